The molecule has 32 heavy (non-hydrogen) atoms. The molecule has 3 aromatic rings. The molecule has 0 atom stereocenters. The van der Waals surface area contributed by atoms with E-state index < -0.39 is 5.91 Å². The van der Waals surface area contributed by atoms with Gasteiger partial charge in [0.05, 0.1) is 13.7 Å². The van der Waals surface area contributed by atoms with Crippen LogP contribution in [0.1, 0.15) is 21.5 Å². The number of halogens is 1. The summed E-state index contributed by atoms with van der Waals surface area (Å²) in [5.74, 6) is 2.56. The quantitative estimate of drug-likeness (QED) is 0.504. The standard InChI is InChI=1S/C25H21ClN2O4/c1-3-17-7-6-9-20(13-17)28-24(29)15-27-25(30)18-11-12-22(23(14-18)31-2)32-16-19-8-4-5-10-21(19)26/h1,4-14H,15-16H2,2H3,(H,27,30)(H,28,29). The van der Waals surface area contributed by atoms with Gasteiger partial charge in [-0.25, -0.2) is 0 Å². The molecule has 0 spiro atoms. The SMILES string of the molecule is C#Cc1cccc(NC(=O)CNC(=O)c2ccc(OCc3ccccc3Cl)c(OC)c2)c1. The molecular formula is C25H21ClN2O4. The fraction of sp³-hybridized carbons (Fsp3) is 0.120. The number of carbonyl (C=O) groups excluding carboxylic acids is 2. The Morgan fingerprint density at radius 3 is 2.59 bits per heavy atom. The summed E-state index contributed by atoms with van der Waals surface area (Å²) in [6, 6.07) is 19.0. The van der Waals surface area contributed by atoms with Crippen molar-refractivity contribution in [1.82, 2.24) is 5.32 Å². The summed E-state index contributed by atoms with van der Waals surface area (Å²) < 4.78 is 11.1. The summed E-state index contributed by atoms with van der Waals surface area (Å²) in [5.41, 5.74) is 2.36. The number of rotatable bonds is 8. The first-order valence-corrected chi connectivity index (χ1v) is 10.1. The third-order valence-corrected chi connectivity index (χ3v) is 4.86. The summed E-state index contributed by atoms with van der Waals surface area (Å²) in [7, 11) is 1.48. The highest BCUT2D eigenvalue weighted by Gasteiger charge is 2.13. The van der Waals surface area contributed by atoms with E-state index in [1.807, 2.05) is 18.2 Å². The zero-order valence-corrected chi connectivity index (χ0v) is 18.1. The van der Waals surface area contributed by atoms with E-state index in [0.717, 1.165) is 5.56 Å². The van der Waals surface area contributed by atoms with Crippen molar-refractivity contribution in [2.45, 2.75) is 6.61 Å². The smallest absolute Gasteiger partial charge is 0.251 e. The Morgan fingerprint density at radius 2 is 1.84 bits per heavy atom. The second-order valence-corrected chi connectivity index (χ2v) is 7.11. The topological polar surface area (TPSA) is 76.7 Å². The van der Waals surface area contributed by atoms with Crippen LogP contribution in [0.4, 0.5) is 5.69 Å². The van der Waals surface area contributed by atoms with Gasteiger partial charge in [-0.1, -0.05) is 41.8 Å². The van der Waals surface area contributed by atoms with Gasteiger partial charge in [-0.05, 0) is 42.5 Å². The van der Waals surface area contributed by atoms with Gasteiger partial charge in [0.25, 0.3) is 5.91 Å². The number of hydrogen-bond donors (Lipinski definition) is 2. The fourth-order valence-electron chi connectivity index (χ4n) is 2.85. The van der Waals surface area contributed by atoms with Gasteiger partial charge in [0.1, 0.15) is 6.61 Å². The zero-order valence-electron chi connectivity index (χ0n) is 17.4. The Morgan fingerprint density at radius 1 is 1.03 bits per heavy atom. The minimum atomic E-state index is -0.423. The Bertz CT molecular complexity index is 1170. The van der Waals surface area contributed by atoms with E-state index in [9.17, 15) is 9.59 Å². The summed E-state index contributed by atoms with van der Waals surface area (Å²) in [4.78, 5) is 24.6. The molecule has 0 radical (unpaired) electrons. The third-order valence-electron chi connectivity index (χ3n) is 4.49. The first-order valence-electron chi connectivity index (χ1n) is 9.69. The van der Waals surface area contributed by atoms with Crippen molar-refractivity contribution in [2.75, 3.05) is 19.0 Å². The predicted molar refractivity (Wildman–Crippen MR) is 124 cm³/mol. The molecule has 0 aliphatic heterocycles. The number of carbonyl (C=O) groups is 2. The van der Waals surface area contributed by atoms with E-state index in [-0.39, 0.29) is 19.1 Å². The lowest BCUT2D eigenvalue weighted by Gasteiger charge is -2.13. The Labute approximate surface area is 191 Å². The lowest BCUT2D eigenvalue weighted by Crippen LogP contribution is -2.32. The summed E-state index contributed by atoms with van der Waals surface area (Å²) in [5, 5.41) is 5.87. The summed E-state index contributed by atoms with van der Waals surface area (Å²) >= 11 is 6.15. The molecule has 0 saturated carbocycles. The molecule has 0 heterocycles. The van der Waals surface area contributed by atoms with Crippen LogP contribution >= 0.6 is 11.6 Å². The molecule has 2 amide bonds. The number of amides is 2. The maximum atomic E-state index is 12.5. The lowest BCUT2D eigenvalue weighted by molar-refractivity contribution is -0.115. The summed E-state index contributed by atoms with van der Waals surface area (Å²) in [6.07, 6.45) is 5.36. The van der Waals surface area contributed by atoms with Gasteiger partial charge in [0, 0.05) is 27.4 Å². The van der Waals surface area contributed by atoms with Crippen LogP contribution in [-0.2, 0) is 11.4 Å². The number of benzene rings is 3. The van der Waals surface area contributed by atoms with Crippen molar-refractivity contribution in [1.29, 1.82) is 0 Å². The number of methoxy groups -OCH3 is 1. The van der Waals surface area contributed by atoms with E-state index in [4.69, 9.17) is 27.5 Å². The first-order chi connectivity index (χ1) is 15.5. The van der Waals surface area contributed by atoms with E-state index in [0.29, 0.717) is 33.3 Å². The molecular weight excluding hydrogens is 428 g/mol. The second-order valence-electron chi connectivity index (χ2n) is 6.70. The van der Waals surface area contributed by atoms with Crippen LogP contribution in [-0.4, -0.2) is 25.5 Å². The second kappa shape index (κ2) is 10.9. The maximum absolute atomic E-state index is 12.5. The molecule has 0 aliphatic rings. The van der Waals surface area contributed by atoms with Crippen molar-refractivity contribution in [3.8, 4) is 23.8 Å². The number of anilines is 1. The minimum Gasteiger partial charge on any atom is -0.493 e. The molecule has 3 rings (SSSR count). The van der Waals surface area contributed by atoms with Crippen LogP contribution in [0.3, 0.4) is 0 Å². The molecule has 2 N–H and O–H groups in total. The first kappa shape index (κ1) is 22.7. The fourth-order valence-corrected chi connectivity index (χ4v) is 3.04. The average Bonchev–Trinajstić information content (AvgIpc) is 2.82. The Hall–Kier alpha value is -3.95. The monoisotopic (exact) mass is 448 g/mol. The molecule has 0 aromatic heterocycles. The van der Waals surface area contributed by atoms with E-state index in [2.05, 4.69) is 16.6 Å². The van der Waals surface area contributed by atoms with Gasteiger partial charge in [-0.3, -0.25) is 9.59 Å². The molecule has 7 heteroatoms. The highest BCUT2D eigenvalue weighted by Crippen LogP contribution is 2.29. The van der Waals surface area contributed by atoms with Gasteiger partial charge < -0.3 is 20.1 Å². The maximum Gasteiger partial charge on any atom is 0.251 e. The van der Waals surface area contributed by atoms with Gasteiger partial charge in [-0.2, -0.15) is 0 Å². The molecule has 0 bridgehead atoms. The molecule has 0 fully saturated rings. The Balaban J connectivity index is 1.58. The number of hydrogen-bond acceptors (Lipinski definition) is 4. The highest BCUT2D eigenvalue weighted by molar-refractivity contribution is 6.31. The third kappa shape index (κ3) is 6.03. The van der Waals surface area contributed by atoms with Crippen molar-refractivity contribution < 1.29 is 19.1 Å². The molecule has 6 nitrogen and oxygen atoms in total. The van der Waals surface area contributed by atoms with Gasteiger partial charge in [0.2, 0.25) is 5.91 Å². The Kier molecular flexibility index (Phi) is 7.74. The van der Waals surface area contributed by atoms with Gasteiger partial charge in [0.15, 0.2) is 11.5 Å². The van der Waals surface area contributed by atoms with Crippen molar-refractivity contribution in [3.63, 3.8) is 0 Å². The zero-order chi connectivity index (χ0) is 22.9. The molecule has 3 aromatic carbocycles. The molecule has 0 unspecified atom stereocenters. The number of terminal acetylenes is 1. The van der Waals surface area contributed by atoms with E-state index in [1.165, 1.54) is 7.11 Å². The summed E-state index contributed by atoms with van der Waals surface area (Å²) in [6.45, 7) is 0.0504. The molecule has 162 valence electrons. The van der Waals surface area contributed by atoms with Crippen LogP contribution in [0.5, 0.6) is 11.5 Å². The van der Waals surface area contributed by atoms with Crippen molar-refractivity contribution in [3.05, 3.63) is 88.4 Å². The molecule has 0 saturated heterocycles. The van der Waals surface area contributed by atoms with Crippen molar-refractivity contribution in [2.24, 2.45) is 0 Å². The number of nitrogens with one attached hydrogen (secondary N) is 2. The van der Waals surface area contributed by atoms with Crippen LogP contribution in [0, 0.1) is 12.3 Å². The van der Waals surface area contributed by atoms with Crippen molar-refractivity contribution >= 4 is 29.1 Å². The van der Waals surface area contributed by atoms with Crippen LogP contribution in [0.15, 0.2) is 66.7 Å². The average molecular weight is 449 g/mol. The normalized spacial score (nSPS) is 10.0. The van der Waals surface area contributed by atoms with E-state index >= 15 is 0 Å². The van der Waals surface area contributed by atoms with Crippen LogP contribution in [0.25, 0.3) is 0 Å². The lowest BCUT2D eigenvalue weighted by atomic mass is 10.2. The molecule has 0 aliphatic carbocycles. The predicted octanol–water partition coefficient (Wildman–Crippen LogP) is 4.28. The van der Waals surface area contributed by atoms with Crippen LogP contribution in [0.2, 0.25) is 5.02 Å². The van der Waals surface area contributed by atoms with Gasteiger partial charge in [-0.15, -0.1) is 6.42 Å². The van der Waals surface area contributed by atoms with E-state index in [1.54, 1.807) is 48.5 Å². The largest absolute Gasteiger partial charge is 0.493 e. The van der Waals surface area contributed by atoms with Crippen LogP contribution < -0.4 is 20.1 Å². The minimum absolute atomic E-state index is 0.202. The highest BCUT2D eigenvalue weighted by atomic mass is 35.5. The number of ether oxygens (including phenoxy) is 2. The van der Waals surface area contributed by atoms with Gasteiger partial charge >= 0.3 is 0 Å².